The van der Waals surface area contributed by atoms with Crippen molar-refractivity contribution >= 4 is 11.4 Å². The Balaban J connectivity index is 2.47. The molecule has 2 aromatic rings. The summed E-state index contributed by atoms with van der Waals surface area (Å²) in [6.45, 7) is 0. The molecule has 0 fully saturated rings. The third-order valence-electron chi connectivity index (χ3n) is 2.72. The smallest absolute Gasteiger partial charge is 0.120 e. The van der Waals surface area contributed by atoms with E-state index < -0.39 is 6.04 Å². The van der Waals surface area contributed by atoms with Gasteiger partial charge in [-0.25, -0.2) is 0 Å². The molecule has 7 N–H and O–H groups in total. The van der Waals surface area contributed by atoms with Gasteiger partial charge in [0.25, 0.3) is 0 Å². The molecule has 0 aliphatic rings. The van der Waals surface area contributed by atoms with Crippen LogP contribution in [0.25, 0.3) is 0 Å². The Hall–Kier alpha value is -2.20. The van der Waals surface area contributed by atoms with Crippen LogP contribution in [0.2, 0.25) is 0 Å². The molecule has 0 radical (unpaired) electrons. The first-order valence-electron chi connectivity index (χ1n) is 5.28. The number of benzene rings is 2. The molecule has 0 saturated heterocycles. The number of aromatic hydroxyl groups is 1. The number of nitrogens with two attached hydrogens (primary N) is 3. The average molecular weight is 229 g/mol. The summed E-state index contributed by atoms with van der Waals surface area (Å²) < 4.78 is 0. The minimum absolute atomic E-state index is 0.120. The first kappa shape index (κ1) is 11.3. The van der Waals surface area contributed by atoms with Crippen LogP contribution in [0.4, 0.5) is 11.4 Å². The molecule has 1 unspecified atom stereocenters. The lowest BCUT2D eigenvalue weighted by Crippen LogP contribution is -2.14. The highest BCUT2D eigenvalue weighted by Crippen LogP contribution is 2.31. The van der Waals surface area contributed by atoms with E-state index in [0.717, 1.165) is 5.56 Å². The van der Waals surface area contributed by atoms with E-state index in [4.69, 9.17) is 17.2 Å². The standard InChI is InChI=1S/C13H15N3O/c14-8-5-6-12(17)10(7-8)13(16)9-3-1-2-4-11(9)15/h1-7,13,17H,14-16H2. The van der Waals surface area contributed by atoms with Gasteiger partial charge in [-0.05, 0) is 29.8 Å². The predicted octanol–water partition coefficient (Wildman–Crippen LogP) is 1.60. The van der Waals surface area contributed by atoms with Gasteiger partial charge in [0.1, 0.15) is 5.75 Å². The van der Waals surface area contributed by atoms with Crippen molar-refractivity contribution in [3.8, 4) is 5.75 Å². The van der Waals surface area contributed by atoms with Crippen molar-refractivity contribution in [2.45, 2.75) is 6.04 Å². The molecule has 0 spiro atoms. The fourth-order valence-corrected chi connectivity index (χ4v) is 1.78. The minimum Gasteiger partial charge on any atom is -0.508 e. The molecule has 2 aromatic carbocycles. The number of para-hydroxylation sites is 1. The maximum absolute atomic E-state index is 9.78. The topological polar surface area (TPSA) is 98.3 Å². The second-order valence-corrected chi connectivity index (χ2v) is 3.92. The zero-order valence-electron chi connectivity index (χ0n) is 9.30. The second-order valence-electron chi connectivity index (χ2n) is 3.92. The van der Waals surface area contributed by atoms with Gasteiger partial charge >= 0.3 is 0 Å². The van der Waals surface area contributed by atoms with Crippen molar-refractivity contribution in [3.05, 3.63) is 53.6 Å². The maximum atomic E-state index is 9.78. The van der Waals surface area contributed by atoms with Gasteiger partial charge in [0.2, 0.25) is 0 Å². The molecule has 4 nitrogen and oxygen atoms in total. The van der Waals surface area contributed by atoms with E-state index >= 15 is 0 Å². The Morgan fingerprint density at radius 2 is 1.65 bits per heavy atom. The van der Waals surface area contributed by atoms with Gasteiger partial charge in [0.15, 0.2) is 0 Å². The van der Waals surface area contributed by atoms with Gasteiger partial charge in [-0.3, -0.25) is 0 Å². The summed E-state index contributed by atoms with van der Waals surface area (Å²) in [5.41, 5.74) is 20.1. The number of anilines is 2. The third-order valence-corrected chi connectivity index (χ3v) is 2.72. The molecular weight excluding hydrogens is 214 g/mol. The summed E-state index contributed by atoms with van der Waals surface area (Å²) in [5.74, 6) is 0.120. The number of rotatable bonds is 2. The fraction of sp³-hybridized carbons (Fsp3) is 0.0769. The van der Waals surface area contributed by atoms with Crippen LogP contribution in [0.3, 0.4) is 0 Å². The summed E-state index contributed by atoms with van der Waals surface area (Å²) in [5, 5.41) is 9.78. The minimum atomic E-state index is -0.486. The highest BCUT2D eigenvalue weighted by Gasteiger charge is 2.15. The zero-order chi connectivity index (χ0) is 12.4. The molecule has 88 valence electrons. The second kappa shape index (κ2) is 4.35. The van der Waals surface area contributed by atoms with Crippen LogP contribution in [0.5, 0.6) is 5.75 Å². The lowest BCUT2D eigenvalue weighted by Gasteiger charge is -2.16. The first-order chi connectivity index (χ1) is 8.09. The molecule has 0 amide bonds. The van der Waals surface area contributed by atoms with Crippen molar-refractivity contribution in [1.29, 1.82) is 0 Å². The number of nitrogen functional groups attached to an aromatic ring is 2. The summed E-state index contributed by atoms with van der Waals surface area (Å²) in [7, 11) is 0. The van der Waals surface area contributed by atoms with Crippen molar-refractivity contribution in [2.75, 3.05) is 11.5 Å². The molecule has 4 heteroatoms. The Labute approximate surface area is 99.7 Å². The van der Waals surface area contributed by atoms with Gasteiger partial charge in [-0.1, -0.05) is 18.2 Å². The normalized spacial score (nSPS) is 12.3. The lowest BCUT2D eigenvalue weighted by molar-refractivity contribution is 0.465. The van der Waals surface area contributed by atoms with Gasteiger partial charge < -0.3 is 22.3 Å². The number of hydrogen-bond donors (Lipinski definition) is 4. The van der Waals surface area contributed by atoms with Crippen molar-refractivity contribution in [2.24, 2.45) is 5.73 Å². The van der Waals surface area contributed by atoms with Crippen molar-refractivity contribution in [3.63, 3.8) is 0 Å². The summed E-state index contributed by atoms with van der Waals surface area (Å²) in [6.07, 6.45) is 0. The molecule has 0 saturated carbocycles. The van der Waals surface area contributed by atoms with Crippen LogP contribution in [0, 0.1) is 0 Å². The van der Waals surface area contributed by atoms with Crippen molar-refractivity contribution < 1.29 is 5.11 Å². The Morgan fingerprint density at radius 1 is 0.941 bits per heavy atom. The number of hydrogen-bond acceptors (Lipinski definition) is 4. The highest BCUT2D eigenvalue weighted by molar-refractivity contribution is 5.56. The molecule has 0 heterocycles. The number of phenols is 1. The van der Waals surface area contributed by atoms with E-state index in [9.17, 15) is 5.11 Å². The van der Waals surface area contributed by atoms with E-state index in [0.29, 0.717) is 16.9 Å². The van der Waals surface area contributed by atoms with Crippen LogP contribution in [0.1, 0.15) is 17.2 Å². The molecule has 0 bridgehead atoms. The summed E-state index contributed by atoms with van der Waals surface area (Å²) in [6, 6.07) is 11.6. The number of phenolic OH excluding ortho intramolecular Hbond substituents is 1. The third kappa shape index (κ3) is 2.16. The zero-order valence-corrected chi connectivity index (χ0v) is 9.30. The summed E-state index contributed by atoms with van der Waals surface area (Å²) in [4.78, 5) is 0. The van der Waals surface area contributed by atoms with E-state index in [1.54, 1.807) is 18.2 Å². The average Bonchev–Trinajstić information content (AvgIpc) is 2.32. The van der Waals surface area contributed by atoms with Crippen LogP contribution in [-0.2, 0) is 0 Å². The van der Waals surface area contributed by atoms with E-state index in [1.807, 2.05) is 18.2 Å². The molecule has 2 rings (SSSR count). The Kier molecular flexibility index (Phi) is 2.89. The fourth-order valence-electron chi connectivity index (χ4n) is 1.78. The highest BCUT2D eigenvalue weighted by atomic mass is 16.3. The Bertz CT molecular complexity index is 540. The largest absolute Gasteiger partial charge is 0.508 e. The van der Waals surface area contributed by atoms with Gasteiger partial charge in [-0.15, -0.1) is 0 Å². The Morgan fingerprint density at radius 3 is 2.35 bits per heavy atom. The first-order valence-corrected chi connectivity index (χ1v) is 5.28. The quantitative estimate of drug-likeness (QED) is 0.464. The predicted molar refractivity (Wildman–Crippen MR) is 69.4 cm³/mol. The molecule has 0 aromatic heterocycles. The molecule has 0 aliphatic carbocycles. The summed E-state index contributed by atoms with van der Waals surface area (Å²) >= 11 is 0. The van der Waals surface area contributed by atoms with Crippen LogP contribution in [0.15, 0.2) is 42.5 Å². The van der Waals surface area contributed by atoms with E-state index in [-0.39, 0.29) is 5.75 Å². The van der Waals surface area contributed by atoms with Crippen LogP contribution >= 0.6 is 0 Å². The van der Waals surface area contributed by atoms with Crippen LogP contribution < -0.4 is 17.2 Å². The van der Waals surface area contributed by atoms with Gasteiger partial charge in [0, 0.05) is 16.9 Å². The maximum Gasteiger partial charge on any atom is 0.120 e. The van der Waals surface area contributed by atoms with Crippen molar-refractivity contribution in [1.82, 2.24) is 0 Å². The van der Waals surface area contributed by atoms with Gasteiger partial charge in [-0.2, -0.15) is 0 Å². The molecule has 1 atom stereocenters. The molecular formula is C13H15N3O. The van der Waals surface area contributed by atoms with Gasteiger partial charge in [0.05, 0.1) is 6.04 Å². The van der Waals surface area contributed by atoms with E-state index in [2.05, 4.69) is 0 Å². The SMILES string of the molecule is Nc1ccc(O)c(C(N)c2ccccc2N)c1. The molecule has 0 aliphatic heterocycles. The monoisotopic (exact) mass is 229 g/mol. The van der Waals surface area contributed by atoms with E-state index in [1.165, 1.54) is 6.07 Å². The lowest BCUT2D eigenvalue weighted by atomic mass is 9.97. The molecule has 17 heavy (non-hydrogen) atoms. The van der Waals surface area contributed by atoms with Crippen LogP contribution in [-0.4, -0.2) is 5.11 Å².